The lowest BCUT2D eigenvalue weighted by Gasteiger charge is -2.20. The van der Waals surface area contributed by atoms with E-state index in [0.29, 0.717) is 10.2 Å². The number of aliphatic hydroxyl groups is 1. The number of sulfone groups is 1. The second-order valence-electron chi connectivity index (χ2n) is 4.40. The van der Waals surface area contributed by atoms with Crippen LogP contribution < -0.4 is 0 Å². The van der Waals surface area contributed by atoms with Crippen molar-refractivity contribution in [2.45, 2.75) is 38.2 Å². The van der Waals surface area contributed by atoms with Gasteiger partial charge in [-0.25, -0.2) is 8.42 Å². The molecule has 1 rings (SSSR count). The zero-order chi connectivity index (χ0) is 13.4. The van der Waals surface area contributed by atoms with Gasteiger partial charge in [0.25, 0.3) is 0 Å². The smallest absolute Gasteiger partial charge is 0.152 e. The molecule has 0 radical (unpaired) electrons. The first kappa shape index (κ1) is 14.7. The molecule has 0 aliphatic carbocycles. The van der Waals surface area contributed by atoms with Gasteiger partial charge in [-0.3, -0.25) is 4.68 Å². The summed E-state index contributed by atoms with van der Waals surface area (Å²) < 4.78 is 25.2. The van der Waals surface area contributed by atoms with Gasteiger partial charge in [-0.1, -0.05) is 0 Å². The molecule has 0 aliphatic heterocycles. The van der Waals surface area contributed by atoms with E-state index in [1.54, 1.807) is 10.9 Å². The summed E-state index contributed by atoms with van der Waals surface area (Å²) in [7, 11) is -3.30. The molecule has 1 heterocycles. The second kappa shape index (κ2) is 5.07. The minimum absolute atomic E-state index is 0.0534. The van der Waals surface area contributed by atoms with E-state index in [2.05, 4.69) is 21.0 Å². The predicted octanol–water partition coefficient (Wildman–Crippen LogP) is 1.69. The molecule has 0 aliphatic rings. The van der Waals surface area contributed by atoms with Crippen molar-refractivity contribution in [3.63, 3.8) is 0 Å². The first-order valence-electron chi connectivity index (χ1n) is 5.26. The third-order valence-electron chi connectivity index (χ3n) is 2.68. The highest BCUT2D eigenvalue weighted by atomic mass is 79.9. The Morgan fingerprint density at radius 1 is 1.41 bits per heavy atom. The fourth-order valence-electron chi connectivity index (χ4n) is 1.50. The maximum Gasteiger partial charge on any atom is 0.152 e. The lowest BCUT2D eigenvalue weighted by Crippen LogP contribution is -2.27. The molecule has 1 N–H and O–H groups in total. The summed E-state index contributed by atoms with van der Waals surface area (Å²) in [6, 6.07) is 0.0534. The van der Waals surface area contributed by atoms with Crippen LogP contribution >= 0.6 is 15.9 Å². The molecule has 0 saturated heterocycles. The Morgan fingerprint density at radius 3 is 2.35 bits per heavy atom. The van der Waals surface area contributed by atoms with Crippen molar-refractivity contribution in [3.8, 4) is 0 Å². The third-order valence-corrected chi connectivity index (χ3v) is 4.90. The molecule has 2 unspecified atom stereocenters. The zero-order valence-electron chi connectivity index (χ0n) is 10.3. The summed E-state index contributed by atoms with van der Waals surface area (Å²) in [6.45, 7) is 5.33. The molecule has 17 heavy (non-hydrogen) atoms. The largest absolute Gasteiger partial charge is 0.385 e. The molecule has 0 amide bonds. The standard InChI is InChI=1S/C10H17BrN2O3S/c1-6(2)13-9(8(11)5-12-13)10(14)7(3)17(4,15)16/h5-7,10,14H,1-4H3. The Labute approximate surface area is 110 Å². The molecule has 1 aromatic heterocycles. The van der Waals surface area contributed by atoms with Crippen molar-refractivity contribution in [2.75, 3.05) is 6.26 Å². The number of aromatic nitrogens is 2. The third kappa shape index (κ3) is 3.08. The number of nitrogens with zero attached hydrogens (tertiary/aromatic N) is 2. The SMILES string of the molecule is CC(C)n1ncc(Br)c1C(O)C(C)S(C)(=O)=O. The Balaban J connectivity index is 3.20. The van der Waals surface area contributed by atoms with Crippen molar-refractivity contribution in [2.24, 2.45) is 0 Å². The fraction of sp³-hybridized carbons (Fsp3) is 0.700. The lowest BCUT2D eigenvalue weighted by atomic mass is 10.2. The Kier molecular flexibility index (Phi) is 4.38. The van der Waals surface area contributed by atoms with Crippen LogP contribution in [0.3, 0.4) is 0 Å². The van der Waals surface area contributed by atoms with E-state index < -0.39 is 21.2 Å². The average molecular weight is 325 g/mol. The van der Waals surface area contributed by atoms with Gasteiger partial charge in [0.05, 0.1) is 21.6 Å². The maximum atomic E-state index is 11.5. The van der Waals surface area contributed by atoms with Crippen LogP contribution in [0.15, 0.2) is 10.7 Å². The summed E-state index contributed by atoms with van der Waals surface area (Å²) in [5.41, 5.74) is 0.498. The topological polar surface area (TPSA) is 72.2 Å². The molecule has 0 spiro atoms. The summed E-state index contributed by atoms with van der Waals surface area (Å²) >= 11 is 3.28. The van der Waals surface area contributed by atoms with Gasteiger partial charge >= 0.3 is 0 Å². The normalized spacial score (nSPS) is 16.2. The molecule has 5 nitrogen and oxygen atoms in total. The van der Waals surface area contributed by atoms with Crippen molar-refractivity contribution in [3.05, 3.63) is 16.4 Å². The zero-order valence-corrected chi connectivity index (χ0v) is 12.7. The van der Waals surface area contributed by atoms with Gasteiger partial charge in [0.2, 0.25) is 0 Å². The number of hydrogen-bond donors (Lipinski definition) is 1. The first-order valence-corrected chi connectivity index (χ1v) is 8.00. The quantitative estimate of drug-likeness (QED) is 0.914. The predicted molar refractivity (Wildman–Crippen MR) is 69.6 cm³/mol. The summed E-state index contributed by atoms with van der Waals surface area (Å²) in [6.07, 6.45) is 1.59. The molecule has 98 valence electrons. The molecule has 7 heteroatoms. The highest BCUT2D eigenvalue weighted by molar-refractivity contribution is 9.10. The van der Waals surface area contributed by atoms with E-state index in [0.717, 1.165) is 6.26 Å². The van der Waals surface area contributed by atoms with Crippen molar-refractivity contribution >= 4 is 25.8 Å². The Bertz CT molecular complexity index is 496. The highest BCUT2D eigenvalue weighted by Gasteiger charge is 2.30. The summed E-state index contributed by atoms with van der Waals surface area (Å²) in [4.78, 5) is 0. The van der Waals surface area contributed by atoms with E-state index in [1.165, 1.54) is 6.92 Å². The van der Waals surface area contributed by atoms with Crippen LogP contribution in [-0.2, 0) is 9.84 Å². The average Bonchev–Trinajstić information content (AvgIpc) is 2.56. The van der Waals surface area contributed by atoms with Crippen molar-refractivity contribution in [1.82, 2.24) is 9.78 Å². The number of hydrogen-bond acceptors (Lipinski definition) is 4. The van der Waals surface area contributed by atoms with Crippen molar-refractivity contribution < 1.29 is 13.5 Å². The molecular formula is C10H17BrN2O3S. The maximum absolute atomic E-state index is 11.5. The number of aliphatic hydroxyl groups excluding tert-OH is 1. The molecule has 1 aromatic rings. The highest BCUT2D eigenvalue weighted by Crippen LogP contribution is 2.30. The van der Waals surface area contributed by atoms with Gasteiger partial charge in [-0.05, 0) is 36.7 Å². The molecule has 2 atom stereocenters. The molecule has 0 bridgehead atoms. The second-order valence-corrected chi connectivity index (χ2v) is 7.65. The molecular weight excluding hydrogens is 308 g/mol. The van der Waals surface area contributed by atoms with E-state index in [-0.39, 0.29) is 6.04 Å². The Morgan fingerprint density at radius 2 is 1.94 bits per heavy atom. The lowest BCUT2D eigenvalue weighted by molar-refractivity contribution is 0.162. The van der Waals surface area contributed by atoms with E-state index >= 15 is 0 Å². The van der Waals surface area contributed by atoms with Crippen LogP contribution in [0, 0.1) is 0 Å². The van der Waals surface area contributed by atoms with Gasteiger partial charge in [0.1, 0.15) is 6.10 Å². The first-order chi connectivity index (χ1) is 7.66. The monoisotopic (exact) mass is 324 g/mol. The summed E-state index contributed by atoms with van der Waals surface area (Å²) in [5.74, 6) is 0. The minimum Gasteiger partial charge on any atom is -0.385 e. The van der Waals surface area contributed by atoms with Gasteiger partial charge in [-0.15, -0.1) is 0 Å². The van der Waals surface area contributed by atoms with Gasteiger partial charge in [0, 0.05) is 12.3 Å². The van der Waals surface area contributed by atoms with Crippen LogP contribution in [0.25, 0.3) is 0 Å². The van der Waals surface area contributed by atoms with Crippen LogP contribution in [0.4, 0.5) is 0 Å². The van der Waals surface area contributed by atoms with E-state index in [9.17, 15) is 13.5 Å². The Hall–Kier alpha value is -0.400. The van der Waals surface area contributed by atoms with Gasteiger partial charge < -0.3 is 5.11 Å². The van der Waals surface area contributed by atoms with Crippen molar-refractivity contribution in [1.29, 1.82) is 0 Å². The fourth-order valence-corrected chi connectivity index (χ4v) is 2.60. The number of rotatable bonds is 4. The molecule has 0 fully saturated rings. The van der Waals surface area contributed by atoms with Crippen LogP contribution in [-0.4, -0.2) is 34.8 Å². The van der Waals surface area contributed by atoms with Gasteiger partial charge in [0.15, 0.2) is 9.84 Å². The molecule has 0 aromatic carbocycles. The minimum atomic E-state index is -3.30. The van der Waals surface area contributed by atoms with Crippen LogP contribution in [0.1, 0.15) is 38.6 Å². The van der Waals surface area contributed by atoms with Crippen LogP contribution in [0.2, 0.25) is 0 Å². The van der Waals surface area contributed by atoms with E-state index in [1.807, 2.05) is 13.8 Å². The van der Waals surface area contributed by atoms with E-state index in [4.69, 9.17) is 0 Å². The van der Waals surface area contributed by atoms with Crippen LogP contribution in [0.5, 0.6) is 0 Å². The number of halogens is 1. The molecule has 0 saturated carbocycles. The summed E-state index contributed by atoms with van der Waals surface area (Å²) in [5, 5.41) is 13.4. The van der Waals surface area contributed by atoms with Gasteiger partial charge in [-0.2, -0.15) is 5.10 Å².